The first kappa shape index (κ1) is 22.9. The molecule has 2 aromatic carbocycles. The summed E-state index contributed by atoms with van der Waals surface area (Å²) in [6, 6.07) is 12.9. The molecule has 0 atom stereocenters. The lowest BCUT2D eigenvalue weighted by atomic mass is 10.1. The second-order valence-corrected chi connectivity index (χ2v) is 10.3. The van der Waals surface area contributed by atoms with Crippen molar-refractivity contribution in [2.45, 2.75) is 9.79 Å². The molecule has 35 heavy (non-hydrogen) atoms. The summed E-state index contributed by atoms with van der Waals surface area (Å²) in [4.78, 5) is 30.0. The highest BCUT2D eigenvalue weighted by Crippen LogP contribution is 2.25. The Balaban J connectivity index is 1.30. The minimum absolute atomic E-state index is 0.133. The van der Waals surface area contributed by atoms with Gasteiger partial charge in [-0.25, -0.2) is 23.4 Å². The number of likely N-dealkylation sites (N-methyl/N-ethyl adjacent to an activating group) is 1. The van der Waals surface area contributed by atoms with Gasteiger partial charge in [0.15, 0.2) is 5.78 Å². The Morgan fingerprint density at radius 1 is 0.829 bits per heavy atom. The minimum Gasteiger partial charge on any atom is -0.369 e. The van der Waals surface area contributed by atoms with Crippen LogP contribution in [0.1, 0.15) is 15.9 Å². The predicted molar refractivity (Wildman–Crippen MR) is 131 cm³/mol. The molecular formula is C25H24N6O3S. The largest absolute Gasteiger partial charge is 0.369 e. The maximum Gasteiger partial charge on any atom is 0.234 e. The van der Waals surface area contributed by atoms with Gasteiger partial charge in [0.05, 0.1) is 15.4 Å². The van der Waals surface area contributed by atoms with Gasteiger partial charge in [0, 0.05) is 62.2 Å². The van der Waals surface area contributed by atoms with Crippen LogP contribution < -0.4 is 4.90 Å². The normalized spacial score (nSPS) is 14.7. The standard InChI is InChI=1S/C25H24N6O3S/c1-29-12-14-30(15-13-29)21-4-8-23(9-5-21)35(33,34)22-6-2-19(3-7-22)24(32)20-16-27-25(28-17-20)31-11-10-26-18-31/h2-11,16-18H,12-15H2,1H3. The van der Waals surface area contributed by atoms with E-state index in [1.807, 2.05) is 12.1 Å². The smallest absolute Gasteiger partial charge is 0.234 e. The Morgan fingerprint density at radius 3 is 2.00 bits per heavy atom. The number of rotatable bonds is 6. The molecule has 1 aliphatic heterocycles. The summed E-state index contributed by atoms with van der Waals surface area (Å²) in [5, 5.41) is 0. The number of carbonyl (C=O) groups excluding carboxylic acids is 1. The minimum atomic E-state index is -3.70. The van der Waals surface area contributed by atoms with Crippen molar-refractivity contribution in [1.82, 2.24) is 24.4 Å². The van der Waals surface area contributed by atoms with Crippen molar-refractivity contribution < 1.29 is 13.2 Å². The molecule has 3 heterocycles. The van der Waals surface area contributed by atoms with Crippen molar-refractivity contribution in [2.75, 3.05) is 38.1 Å². The van der Waals surface area contributed by atoms with Crippen molar-refractivity contribution in [3.8, 4) is 5.95 Å². The van der Waals surface area contributed by atoms with Crippen LogP contribution in [0.15, 0.2) is 89.4 Å². The van der Waals surface area contributed by atoms with Crippen LogP contribution in [-0.2, 0) is 9.84 Å². The van der Waals surface area contributed by atoms with Gasteiger partial charge in [-0.1, -0.05) is 0 Å². The van der Waals surface area contributed by atoms with Gasteiger partial charge in [0.25, 0.3) is 0 Å². The monoisotopic (exact) mass is 488 g/mol. The summed E-state index contributed by atoms with van der Waals surface area (Å²) >= 11 is 0. The Labute approximate surface area is 203 Å². The quantitative estimate of drug-likeness (QED) is 0.382. The Kier molecular flexibility index (Phi) is 6.14. The SMILES string of the molecule is CN1CCN(c2ccc(S(=O)(=O)c3ccc(C(=O)c4cnc(-n5ccnc5)nc4)cc3)cc2)CC1. The maximum absolute atomic E-state index is 13.1. The molecule has 0 bridgehead atoms. The van der Waals surface area contributed by atoms with Crippen LogP contribution >= 0.6 is 0 Å². The molecule has 0 N–H and O–H groups in total. The third kappa shape index (κ3) is 4.71. The van der Waals surface area contributed by atoms with Crippen LogP contribution in [0, 0.1) is 0 Å². The first-order chi connectivity index (χ1) is 16.9. The van der Waals surface area contributed by atoms with Crippen LogP contribution in [0.2, 0.25) is 0 Å². The summed E-state index contributed by atoms with van der Waals surface area (Å²) in [7, 11) is -1.61. The topological polar surface area (TPSA) is 101 Å². The van der Waals surface area contributed by atoms with Crippen molar-refractivity contribution >= 4 is 21.3 Å². The fraction of sp³-hybridized carbons (Fsp3) is 0.200. The molecule has 2 aromatic heterocycles. The van der Waals surface area contributed by atoms with Crippen LogP contribution in [0.5, 0.6) is 0 Å². The Bertz CT molecular complexity index is 1410. The van der Waals surface area contributed by atoms with E-state index in [4.69, 9.17) is 0 Å². The summed E-state index contributed by atoms with van der Waals surface area (Å²) in [5.74, 6) is 0.113. The van der Waals surface area contributed by atoms with Gasteiger partial charge in [0.2, 0.25) is 15.8 Å². The lowest BCUT2D eigenvalue weighted by Crippen LogP contribution is -2.44. The van der Waals surface area contributed by atoms with E-state index >= 15 is 0 Å². The molecule has 0 aliphatic carbocycles. The van der Waals surface area contributed by atoms with E-state index < -0.39 is 9.84 Å². The van der Waals surface area contributed by atoms with Gasteiger partial charge < -0.3 is 9.80 Å². The Morgan fingerprint density at radius 2 is 1.43 bits per heavy atom. The lowest BCUT2D eigenvalue weighted by molar-refractivity contribution is 0.103. The highest BCUT2D eigenvalue weighted by Gasteiger charge is 2.20. The third-order valence-electron chi connectivity index (χ3n) is 6.08. The third-order valence-corrected chi connectivity index (χ3v) is 7.86. The number of anilines is 1. The number of imidazole rings is 1. The number of nitrogens with zero attached hydrogens (tertiary/aromatic N) is 6. The second-order valence-electron chi connectivity index (χ2n) is 8.38. The summed E-state index contributed by atoms with van der Waals surface area (Å²) in [5.41, 5.74) is 1.68. The molecule has 178 valence electrons. The van der Waals surface area contributed by atoms with Crippen LogP contribution in [0.25, 0.3) is 5.95 Å². The lowest BCUT2D eigenvalue weighted by Gasteiger charge is -2.34. The average molecular weight is 489 g/mol. The number of hydrogen-bond donors (Lipinski definition) is 0. The number of aromatic nitrogens is 4. The van der Waals surface area contributed by atoms with Gasteiger partial charge >= 0.3 is 0 Å². The molecule has 5 rings (SSSR count). The van der Waals surface area contributed by atoms with Crippen molar-refractivity contribution in [2.24, 2.45) is 0 Å². The van der Waals surface area contributed by atoms with Crippen LogP contribution in [-0.4, -0.2) is 71.8 Å². The first-order valence-corrected chi connectivity index (χ1v) is 12.6. The summed E-state index contributed by atoms with van der Waals surface area (Å²) in [6.45, 7) is 3.78. The molecule has 0 saturated carbocycles. The predicted octanol–water partition coefficient (Wildman–Crippen LogP) is 2.48. The van der Waals surface area contributed by atoms with Crippen LogP contribution in [0.4, 0.5) is 5.69 Å². The molecule has 0 radical (unpaired) electrons. The Hall–Kier alpha value is -3.89. The van der Waals surface area contributed by atoms with E-state index in [-0.39, 0.29) is 15.6 Å². The molecule has 1 saturated heterocycles. The molecule has 1 fully saturated rings. The second kappa shape index (κ2) is 9.40. The molecule has 4 aromatic rings. The number of sulfone groups is 1. The molecule has 1 aliphatic rings. The highest BCUT2D eigenvalue weighted by atomic mass is 32.2. The van der Waals surface area contributed by atoms with Gasteiger partial charge in [-0.3, -0.25) is 9.36 Å². The fourth-order valence-corrected chi connectivity index (χ4v) is 5.20. The number of carbonyl (C=O) groups is 1. The molecule has 0 amide bonds. The number of hydrogen-bond acceptors (Lipinski definition) is 8. The zero-order chi connectivity index (χ0) is 24.4. The molecular weight excluding hydrogens is 464 g/mol. The number of piperazine rings is 1. The zero-order valence-corrected chi connectivity index (χ0v) is 20.0. The van der Waals surface area contributed by atoms with E-state index in [2.05, 4.69) is 31.8 Å². The van der Waals surface area contributed by atoms with Gasteiger partial charge in [-0.05, 0) is 55.6 Å². The fourth-order valence-electron chi connectivity index (χ4n) is 3.94. The van der Waals surface area contributed by atoms with E-state index in [0.29, 0.717) is 17.1 Å². The van der Waals surface area contributed by atoms with E-state index in [0.717, 1.165) is 31.9 Å². The van der Waals surface area contributed by atoms with E-state index in [9.17, 15) is 13.2 Å². The average Bonchev–Trinajstić information content (AvgIpc) is 3.44. The molecule has 10 heteroatoms. The maximum atomic E-state index is 13.1. The highest BCUT2D eigenvalue weighted by molar-refractivity contribution is 7.91. The van der Waals surface area contributed by atoms with Gasteiger partial charge in [-0.15, -0.1) is 0 Å². The summed E-state index contributed by atoms with van der Waals surface area (Å²) in [6.07, 6.45) is 7.76. The summed E-state index contributed by atoms with van der Waals surface area (Å²) < 4.78 is 27.9. The van der Waals surface area contributed by atoms with Gasteiger partial charge in [0.1, 0.15) is 6.33 Å². The first-order valence-electron chi connectivity index (χ1n) is 11.2. The zero-order valence-electron chi connectivity index (χ0n) is 19.2. The number of ketones is 1. The van der Waals surface area contributed by atoms with E-state index in [1.54, 1.807) is 35.4 Å². The van der Waals surface area contributed by atoms with Crippen molar-refractivity contribution in [1.29, 1.82) is 0 Å². The molecule has 0 unspecified atom stereocenters. The van der Waals surface area contributed by atoms with Crippen LogP contribution in [0.3, 0.4) is 0 Å². The molecule has 9 nitrogen and oxygen atoms in total. The van der Waals surface area contributed by atoms with E-state index in [1.165, 1.54) is 36.7 Å². The van der Waals surface area contributed by atoms with Crippen molar-refractivity contribution in [3.05, 3.63) is 90.8 Å². The molecule has 0 spiro atoms. The van der Waals surface area contributed by atoms with Crippen molar-refractivity contribution in [3.63, 3.8) is 0 Å². The number of benzene rings is 2. The van der Waals surface area contributed by atoms with Gasteiger partial charge in [-0.2, -0.15) is 0 Å².